The van der Waals surface area contributed by atoms with E-state index < -0.39 is 0 Å². The molecule has 2 aliphatic heterocycles. The van der Waals surface area contributed by atoms with Gasteiger partial charge in [0.05, 0.1) is 17.6 Å². The van der Waals surface area contributed by atoms with Crippen molar-refractivity contribution in [3.05, 3.63) is 41.6 Å². The van der Waals surface area contributed by atoms with Crippen LogP contribution in [-0.4, -0.2) is 53.4 Å². The van der Waals surface area contributed by atoms with Crippen LogP contribution in [0, 0.1) is 22.7 Å². The third kappa shape index (κ3) is 4.52. The highest BCUT2D eigenvalue weighted by Crippen LogP contribution is 2.38. The minimum absolute atomic E-state index is 0.262. The van der Waals surface area contributed by atoms with E-state index in [1.165, 1.54) is 31.2 Å². The Morgan fingerprint density at radius 1 is 1.19 bits per heavy atom. The van der Waals surface area contributed by atoms with Crippen molar-refractivity contribution >= 4 is 16.8 Å². The Balaban J connectivity index is 1.47. The topological polar surface area (TPSA) is 60.2 Å². The third-order valence-electron chi connectivity index (χ3n) is 8.15. The molecule has 2 aliphatic rings. The molecule has 0 saturated carbocycles. The van der Waals surface area contributed by atoms with E-state index in [4.69, 9.17) is 0 Å². The first-order valence-electron chi connectivity index (χ1n) is 12.3. The monoisotopic (exact) mass is 432 g/mol. The van der Waals surface area contributed by atoms with Gasteiger partial charge in [-0.05, 0) is 61.4 Å². The average Bonchev–Trinajstić information content (AvgIpc) is 2.83. The number of rotatable bonds is 5. The predicted octanol–water partition coefficient (Wildman–Crippen LogP) is 4.96. The zero-order chi connectivity index (χ0) is 22.7. The van der Waals surface area contributed by atoms with Crippen LogP contribution < -0.4 is 0 Å². The Morgan fingerprint density at radius 3 is 2.62 bits per heavy atom. The molecule has 5 heteroatoms. The van der Waals surface area contributed by atoms with Crippen LogP contribution in [-0.2, 0) is 4.79 Å². The first-order valence-corrected chi connectivity index (χ1v) is 12.3. The van der Waals surface area contributed by atoms with Crippen molar-refractivity contribution in [2.75, 3.05) is 32.7 Å². The number of hydrogen-bond donors (Lipinski definition) is 0. The van der Waals surface area contributed by atoms with Crippen molar-refractivity contribution in [2.24, 2.45) is 11.3 Å². The minimum Gasteiger partial charge on any atom is -0.341 e. The van der Waals surface area contributed by atoms with Gasteiger partial charge < -0.3 is 4.90 Å². The molecule has 2 unspecified atom stereocenters. The zero-order valence-electron chi connectivity index (χ0n) is 19.8. The maximum Gasteiger partial charge on any atom is 0.236 e. The highest BCUT2D eigenvalue weighted by molar-refractivity contribution is 5.87. The highest BCUT2D eigenvalue weighted by atomic mass is 16.2. The number of nitrogens with zero attached hydrogens (tertiary/aromatic N) is 4. The number of pyridine rings is 1. The number of carbonyl (C=O) groups is 1. The summed E-state index contributed by atoms with van der Waals surface area (Å²) in [5, 5.41) is 10.5. The average molecular weight is 433 g/mol. The summed E-state index contributed by atoms with van der Waals surface area (Å²) in [6.45, 7) is 11.1. The third-order valence-corrected chi connectivity index (χ3v) is 8.15. The van der Waals surface area contributed by atoms with Gasteiger partial charge in [-0.3, -0.25) is 14.7 Å². The lowest BCUT2D eigenvalue weighted by Gasteiger charge is -2.42. The quantitative estimate of drug-likeness (QED) is 0.670. The summed E-state index contributed by atoms with van der Waals surface area (Å²) in [4.78, 5) is 22.2. The molecule has 0 spiro atoms. The Hall–Kier alpha value is -2.45. The van der Waals surface area contributed by atoms with Crippen molar-refractivity contribution in [3.8, 4) is 6.07 Å². The van der Waals surface area contributed by atoms with Crippen molar-refractivity contribution in [2.45, 2.75) is 58.8 Å². The second kappa shape index (κ2) is 9.58. The Morgan fingerprint density at radius 2 is 1.94 bits per heavy atom. The molecule has 1 aromatic heterocycles. The summed E-state index contributed by atoms with van der Waals surface area (Å²) in [6.07, 6.45) is 7.69. The normalized spacial score (nSPS) is 23.8. The fraction of sp³-hybridized carbons (Fsp3) is 0.593. The van der Waals surface area contributed by atoms with Crippen LogP contribution in [0.4, 0.5) is 0 Å². The number of carbonyl (C=O) groups excluding carboxylic acids is 1. The van der Waals surface area contributed by atoms with Gasteiger partial charge in [0.1, 0.15) is 6.07 Å². The number of piperidine rings is 2. The lowest BCUT2D eigenvalue weighted by Crippen LogP contribution is -2.49. The molecule has 170 valence electrons. The number of fused-ring (bicyclic) bond motifs is 1. The largest absolute Gasteiger partial charge is 0.341 e. The number of hydrogen-bond acceptors (Lipinski definition) is 4. The number of nitriles is 1. The molecule has 1 amide bonds. The highest BCUT2D eigenvalue weighted by Gasteiger charge is 2.34. The summed E-state index contributed by atoms with van der Waals surface area (Å²) >= 11 is 0. The van der Waals surface area contributed by atoms with Gasteiger partial charge in [0.2, 0.25) is 5.91 Å². The van der Waals surface area contributed by atoms with Gasteiger partial charge in [0.25, 0.3) is 0 Å². The van der Waals surface area contributed by atoms with Crippen LogP contribution in [0.2, 0.25) is 0 Å². The maximum atomic E-state index is 13.3. The molecular formula is C27H36N4O. The number of aromatic nitrogens is 1. The molecule has 3 heterocycles. The van der Waals surface area contributed by atoms with Crippen LogP contribution in [0.15, 0.2) is 30.5 Å². The maximum absolute atomic E-state index is 13.3. The Labute approximate surface area is 192 Å². The first-order chi connectivity index (χ1) is 15.5. The van der Waals surface area contributed by atoms with Crippen LogP contribution in [0.1, 0.15) is 69.9 Å². The molecule has 0 radical (unpaired) electrons. The van der Waals surface area contributed by atoms with E-state index in [1.807, 2.05) is 12.1 Å². The van der Waals surface area contributed by atoms with Crippen LogP contribution >= 0.6 is 0 Å². The van der Waals surface area contributed by atoms with Crippen molar-refractivity contribution in [1.82, 2.24) is 14.8 Å². The van der Waals surface area contributed by atoms with Crippen molar-refractivity contribution < 1.29 is 4.79 Å². The number of amides is 1. The molecule has 5 nitrogen and oxygen atoms in total. The van der Waals surface area contributed by atoms with Crippen molar-refractivity contribution in [3.63, 3.8) is 0 Å². The van der Waals surface area contributed by atoms with Gasteiger partial charge in [-0.1, -0.05) is 45.7 Å². The summed E-state index contributed by atoms with van der Waals surface area (Å²) in [7, 11) is 0. The van der Waals surface area contributed by atoms with E-state index in [2.05, 4.69) is 53.8 Å². The first kappa shape index (κ1) is 22.7. The van der Waals surface area contributed by atoms with E-state index in [1.54, 1.807) is 6.20 Å². The van der Waals surface area contributed by atoms with Crippen LogP contribution in [0.5, 0.6) is 0 Å². The number of likely N-dealkylation sites (tertiary alicyclic amines) is 2. The van der Waals surface area contributed by atoms with Gasteiger partial charge in [0, 0.05) is 30.6 Å². The SMILES string of the molecule is CCC1(CC)CCN(CC(=O)N2CC(C)CC(c3ccc(C#N)c4ncccc34)C2)CC1. The van der Waals surface area contributed by atoms with E-state index >= 15 is 0 Å². The molecule has 32 heavy (non-hydrogen) atoms. The van der Waals surface area contributed by atoms with E-state index in [0.29, 0.717) is 23.4 Å². The molecule has 4 rings (SSSR count). The summed E-state index contributed by atoms with van der Waals surface area (Å²) in [5.41, 5.74) is 3.08. The molecule has 0 aliphatic carbocycles. The fourth-order valence-electron chi connectivity index (χ4n) is 5.86. The molecule has 0 bridgehead atoms. The summed E-state index contributed by atoms with van der Waals surface area (Å²) in [5.74, 6) is 0.990. The van der Waals surface area contributed by atoms with E-state index in [0.717, 1.165) is 43.5 Å². The fourth-order valence-corrected chi connectivity index (χ4v) is 5.86. The van der Waals surface area contributed by atoms with Crippen LogP contribution in [0.25, 0.3) is 10.9 Å². The molecule has 1 aromatic carbocycles. The molecule has 2 aromatic rings. The zero-order valence-corrected chi connectivity index (χ0v) is 19.8. The van der Waals surface area contributed by atoms with Gasteiger partial charge >= 0.3 is 0 Å². The summed E-state index contributed by atoms with van der Waals surface area (Å²) in [6, 6.07) is 10.2. The second-order valence-corrected chi connectivity index (χ2v) is 10.0. The van der Waals surface area contributed by atoms with Gasteiger partial charge in [-0.2, -0.15) is 5.26 Å². The molecular weight excluding hydrogens is 396 g/mol. The Bertz CT molecular complexity index is 996. The van der Waals surface area contributed by atoms with Gasteiger partial charge in [0.15, 0.2) is 0 Å². The van der Waals surface area contributed by atoms with Crippen LogP contribution in [0.3, 0.4) is 0 Å². The molecule has 2 atom stereocenters. The lowest BCUT2D eigenvalue weighted by molar-refractivity contribution is -0.135. The van der Waals surface area contributed by atoms with Gasteiger partial charge in [-0.25, -0.2) is 0 Å². The molecule has 2 fully saturated rings. The minimum atomic E-state index is 0.262. The molecule has 2 saturated heterocycles. The standard InChI is InChI=1S/C27H36N4O/c1-4-27(5-2)10-13-30(14-11-27)19-25(32)31-17-20(3)15-22(18-31)23-9-8-21(16-28)26-24(23)7-6-12-29-26/h6-9,12,20,22H,4-5,10-11,13-15,17-19H2,1-3H3. The second-order valence-electron chi connectivity index (χ2n) is 10.0. The van der Waals surface area contributed by atoms with E-state index in [9.17, 15) is 10.1 Å². The predicted molar refractivity (Wildman–Crippen MR) is 128 cm³/mol. The lowest BCUT2D eigenvalue weighted by atomic mass is 9.74. The van der Waals surface area contributed by atoms with Crippen molar-refractivity contribution in [1.29, 1.82) is 5.26 Å². The van der Waals surface area contributed by atoms with E-state index in [-0.39, 0.29) is 11.8 Å². The van der Waals surface area contributed by atoms with Gasteiger partial charge in [-0.15, -0.1) is 0 Å². The summed E-state index contributed by atoms with van der Waals surface area (Å²) < 4.78 is 0. The molecule has 0 N–H and O–H groups in total. The number of benzene rings is 1. The Kier molecular flexibility index (Phi) is 6.81. The smallest absolute Gasteiger partial charge is 0.236 e.